The van der Waals surface area contributed by atoms with Crippen LogP contribution >= 0.6 is 0 Å². The molecule has 0 spiro atoms. The van der Waals surface area contributed by atoms with E-state index in [2.05, 4.69) is 18.8 Å². The van der Waals surface area contributed by atoms with Gasteiger partial charge in [0.25, 0.3) is 5.91 Å². The Kier molecular flexibility index (Phi) is 3.01. The third kappa shape index (κ3) is 2.05. The van der Waals surface area contributed by atoms with Crippen molar-refractivity contribution in [2.75, 3.05) is 0 Å². The second kappa shape index (κ2) is 4.03. The lowest BCUT2D eigenvalue weighted by Gasteiger charge is -2.05. The maximum Gasteiger partial charge on any atom is 0.267 e. The van der Waals surface area contributed by atoms with Crippen LogP contribution in [0.15, 0.2) is 12.3 Å². The number of pyridine rings is 1. The van der Waals surface area contributed by atoms with Gasteiger partial charge in [-0.25, -0.2) is 0 Å². The molecule has 0 radical (unpaired) electrons. The van der Waals surface area contributed by atoms with E-state index in [1.165, 1.54) is 5.56 Å². The largest absolute Gasteiger partial charge is 0.364 e. The Labute approximate surface area is 78.0 Å². The Morgan fingerprint density at radius 1 is 1.38 bits per heavy atom. The fourth-order valence-corrected chi connectivity index (χ4v) is 1.31. The van der Waals surface area contributed by atoms with Crippen molar-refractivity contribution in [1.82, 2.24) is 4.98 Å². The number of carbonyl (C=O) groups excluding carboxylic acids is 1. The van der Waals surface area contributed by atoms with Crippen molar-refractivity contribution in [2.24, 2.45) is 5.73 Å². The van der Waals surface area contributed by atoms with Crippen LogP contribution in [0.3, 0.4) is 0 Å². The SMILES string of the molecule is CCc1cnc(C(N)=O)cc1CC. The van der Waals surface area contributed by atoms with Crippen LogP contribution in [-0.4, -0.2) is 10.9 Å². The normalized spacial score (nSPS) is 10.0. The zero-order chi connectivity index (χ0) is 9.84. The number of nitrogens with two attached hydrogens (primary N) is 1. The van der Waals surface area contributed by atoms with Gasteiger partial charge in [0.1, 0.15) is 5.69 Å². The van der Waals surface area contributed by atoms with E-state index in [1.807, 2.05) is 0 Å². The van der Waals surface area contributed by atoms with Gasteiger partial charge in [0.05, 0.1) is 0 Å². The third-order valence-electron chi connectivity index (χ3n) is 2.10. The number of hydrogen-bond acceptors (Lipinski definition) is 2. The molecule has 0 fully saturated rings. The molecule has 0 aromatic carbocycles. The summed E-state index contributed by atoms with van der Waals surface area (Å²) in [7, 11) is 0. The van der Waals surface area contributed by atoms with Crippen LogP contribution in [0.1, 0.15) is 35.5 Å². The van der Waals surface area contributed by atoms with E-state index in [4.69, 9.17) is 5.73 Å². The van der Waals surface area contributed by atoms with Crippen LogP contribution in [0.5, 0.6) is 0 Å². The van der Waals surface area contributed by atoms with Crippen LogP contribution in [0.25, 0.3) is 0 Å². The minimum atomic E-state index is -0.461. The summed E-state index contributed by atoms with van der Waals surface area (Å²) in [4.78, 5) is 14.8. The molecule has 3 heteroatoms. The molecule has 0 aliphatic heterocycles. The molecule has 0 bridgehead atoms. The summed E-state index contributed by atoms with van der Waals surface area (Å²) in [5.74, 6) is -0.461. The van der Waals surface area contributed by atoms with E-state index < -0.39 is 5.91 Å². The summed E-state index contributed by atoms with van der Waals surface area (Å²) in [6, 6.07) is 1.78. The molecule has 70 valence electrons. The number of rotatable bonds is 3. The van der Waals surface area contributed by atoms with Crippen LogP contribution in [0.4, 0.5) is 0 Å². The first-order valence-electron chi connectivity index (χ1n) is 4.46. The van der Waals surface area contributed by atoms with Crippen LogP contribution < -0.4 is 5.73 Å². The highest BCUT2D eigenvalue weighted by Crippen LogP contribution is 2.10. The molecule has 0 aliphatic rings. The first-order valence-corrected chi connectivity index (χ1v) is 4.46. The number of primary amides is 1. The highest BCUT2D eigenvalue weighted by Gasteiger charge is 2.05. The minimum Gasteiger partial charge on any atom is -0.364 e. The number of amides is 1. The summed E-state index contributed by atoms with van der Waals surface area (Å²) in [6.07, 6.45) is 3.58. The molecule has 0 saturated heterocycles. The van der Waals surface area contributed by atoms with E-state index in [0.29, 0.717) is 5.69 Å². The number of nitrogens with zero attached hydrogens (tertiary/aromatic N) is 1. The van der Waals surface area contributed by atoms with Crippen molar-refractivity contribution in [3.63, 3.8) is 0 Å². The molecule has 0 saturated carbocycles. The first kappa shape index (κ1) is 9.71. The monoisotopic (exact) mass is 178 g/mol. The highest BCUT2D eigenvalue weighted by molar-refractivity contribution is 5.90. The van der Waals surface area contributed by atoms with Crippen molar-refractivity contribution in [3.8, 4) is 0 Å². The smallest absolute Gasteiger partial charge is 0.267 e. The summed E-state index contributed by atoms with van der Waals surface area (Å²) in [6.45, 7) is 4.12. The van der Waals surface area contributed by atoms with Crippen molar-refractivity contribution in [3.05, 3.63) is 29.1 Å². The Morgan fingerprint density at radius 3 is 2.46 bits per heavy atom. The Balaban J connectivity index is 3.13. The third-order valence-corrected chi connectivity index (χ3v) is 2.10. The average Bonchev–Trinajstić information content (AvgIpc) is 2.16. The maximum atomic E-state index is 10.8. The predicted octanol–water partition coefficient (Wildman–Crippen LogP) is 1.31. The topological polar surface area (TPSA) is 56.0 Å². The molecule has 0 aliphatic carbocycles. The Bertz CT molecular complexity index is 321. The molecule has 0 atom stereocenters. The van der Waals surface area contributed by atoms with Gasteiger partial charge in [0, 0.05) is 6.20 Å². The number of aromatic nitrogens is 1. The molecule has 13 heavy (non-hydrogen) atoms. The van der Waals surface area contributed by atoms with Gasteiger partial charge in [-0.3, -0.25) is 9.78 Å². The molecule has 1 aromatic rings. The fourth-order valence-electron chi connectivity index (χ4n) is 1.31. The van der Waals surface area contributed by atoms with Gasteiger partial charge in [-0.05, 0) is 30.0 Å². The molecule has 1 amide bonds. The van der Waals surface area contributed by atoms with Gasteiger partial charge in [0.2, 0.25) is 0 Å². The lowest BCUT2D eigenvalue weighted by atomic mass is 10.0. The summed E-state index contributed by atoms with van der Waals surface area (Å²) in [5, 5.41) is 0. The maximum absolute atomic E-state index is 10.8. The van der Waals surface area contributed by atoms with E-state index >= 15 is 0 Å². The Morgan fingerprint density at radius 2 is 2.00 bits per heavy atom. The number of aryl methyl sites for hydroxylation is 2. The van der Waals surface area contributed by atoms with E-state index in [1.54, 1.807) is 12.3 Å². The second-order valence-electron chi connectivity index (χ2n) is 2.91. The zero-order valence-corrected chi connectivity index (χ0v) is 8.00. The predicted molar refractivity (Wildman–Crippen MR) is 51.5 cm³/mol. The molecule has 1 rings (SSSR count). The minimum absolute atomic E-state index is 0.356. The molecule has 1 heterocycles. The van der Waals surface area contributed by atoms with Crippen molar-refractivity contribution in [2.45, 2.75) is 26.7 Å². The van der Waals surface area contributed by atoms with Crippen molar-refractivity contribution in [1.29, 1.82) is 0 Å². The molecule has 3 nitrogen and oxygen atoms in total. The van der Waals surface area contributed by atoms with Gasteiger partial charge in [0.15, 0.2) is 0 Å². The van der Waals surface area contributed by atoms with Gasteiger partial charge < -0.3 is 5.73 Å². The Hall–Kier alpha value is -1.38. The number of carbonyl (C=O) groups is 1. The van der Waals surface area contributed by atoms with Crippen LogP contribution in [-0.2, 0) is 12.8 Å². The average molecular weight is 178 g/mol. The van der Waals surface area contributed by atoms with Gasteiger partial charge in [-0.15, -0.1) is 0 Å². The first-order chi connectivity index (χ1) is 6.19. The molecular weight excluding hydrogens is 164 g/mol. The van der Waals surface area contributed by atoms with Crippen LogP contribution in [0.2, 0.25) is 0 Å². The summed E-state index contributed by atoms with van der Waals surface area (Å²) >= 11 is 0. The van der Waals surface area contributed by atoms with E-state index in [0.717, 1.165) is 18.4 Å². The molecule has 1 aromatic heterocycles. The fraction of sp³-hybridized carbons (Fsp3) is 0.400. The highest BCUT2D eigenvalue weighted by atomic mass is 16.1. The van der Waals surface area contributed by atoms with Gasteiger partial charge >= 0.3 is 0 Å². The second-order valence-corrected chi connectivity index (χ2v) is 2.91. The van der Waals surface area contributed by atoms with Gasteiger partial charge in [-0.2, -0.15) is 0 Å². The molecular formula is C10H14N2O. The molecule has 0 unspecified atom stereocenters. The van der Waals surface area contributed by atoms with Crippen molar-refractivity contribution >= 4 is 5.91 Å². The quantitative estimate of drug-likeness (QED) is 0.758. The summed E-state index contributed by atoms with van der Waals surface area (Å²) in [5.41, 5.74) is 7.83. The lowest BCUT2D eigenvalue weighted by molar-refractivity contribution is 0.0995. The standard InChI is InChI=1S/C10H14N2O/c1-3-7-5-9(10(11)13)12-6-8(7)4-2/h5-6H,3-4H2,1-2H3,(H2,11,13). The van der Waals surface area contributed by atoms with Crippen molar-refractivity contribution < 1.29 is 4.79 Å². The number of hydrogen-bond donors (Lipinski definition) is 1. The van der Waals surface area contributed by atoms with E-state index in [-0.39, 0.29) is 0 Å². The van der Waals surface area contributed by atoms with Gasteiger partial charge in [-0.1, -0.05) is 13.8 Å². The molecule has 2 N–H and O–H groups in total. The van der Waals surface area contributed by atoms with Crippen LogP contribution in [0, 0.1) is 0 Å². The van der Waals surface area contributed by atoms with E-state index in [9.17, 15) is 4.79 Å². The summed E-state index contributed by atoms with van der Waals surface area (Å²) < 4.78 is 0. The lowest BCUT2D eigenvalue weighted by Crippen LogP contribution is -2.13. The zero-order valence-electron chi connectivity index (χ0n) is 8.00.